The highest BCUT2D eigenvalue weighted by Crippen LogP contribution is 2.31. The van der Waals surface area contributed by atoms with Gasteiger partial charge in [0, 0.05) is 19.1 Å². The molecule has 1 amide bonds. The highest BCUT2D eigenvalue weighted by molar-refractivity contribution is 7.89. The third-order valence-electron chi connectivity index (χ3n) is 3.49. The average Bonchev–Trinajstić information content (AvgIpc) is 3.22. The molecule has 1 N–H and O–H groups in total. The summed E-state index contributed by atoms with van der Waals surface area (Å²) in [6, 6.07) is 2.52. The monoisotopic (exact) mass is 364 g/mol. The van der Waals surface area contributed by atoms with Gasteiger partial charge in [0.05, 0.1) is 15.6 Å². The Labute approximate surface area is 140 Å². The number of sulfonamides is 1. The van der Waals surface area contributed by atoms with Gasteiger partial charge in [0.25, 0.3) is 5.91 Å². The van der Waals surface area contributed by atoms with E-state index in [1.54, 1.807) is 4.90 Å². The molecule has 0 unspecified atom stereocenters. The highest BCUT2D eigenvalue weighted by atomic mass is 35.5. The molecule has 8 heteroatoms. The molecule has 122 valence electrons. The summed E-state index contributed by atoms with van der Waals surface area (Å²) in [6.45, 7) is 4.71. The Hall–Kier alpha value is -0.820. The van der Waals surface area contributed by atoms with Crippen LogP contribution in [0.1, 0.15) is 37.0 Å². The minimum absolute atomic E-state index is 0.00856. The number of halogens is 2. The van der Waals surface area contributed by atoms with Crippen LogP contribution in [0.4, 0.5) is 0 Å². The Morgan fingerprint density at radius 3 is 2.32 bits per heavy atom. The summed E-state index contributed by atoms with van der Waals surface area (Å²) in [4.78, 5) is 13.9. The molecule has 5 nitrogen and oxygen atoms in total. The normalized spacial score (nSPS) is 14.9. The fraction of sp³-hybridized carbons (Fsp3) is 0.500. The van der Waals surface area contributed by atoms with E-state index >= 15 is 0 Å². The van der Waals surface area contributed by atoms with Crippen molar-refractivity contribution in [3.63, 3.8) is 0 Å². The van der Waals surface area contributed by atoms with Gasteiger partial charge in [-0.25, -0.2) is 13.1 Å². The average molecular weight is 365 g/mol. The molecular weight excluding hydrogens is 347 g/mol. The van der Waals surface area contributed by atoms with Gasteiger partial charge in [0.2, 0.25) is 10.0 Å². The van der Waals surface area contributed by atoms with Gasteiger partial charge in [-0.3, -0.25) is 4.79 Å². The van der Waals surface area contributed by atoms with Crippen molar-refractivity contribution in [3.05, 3.63) is 27.7 Å². The molecule has 0 bridgehead atoms. The Morgan fingerprint density at radius 2 is 1.82 bits per heavy atom. The topological polar surface area (TPSA) is 66.5 Å². The molecule has 2 rings (SSSR count). The smallest absolute Gasteiger partial charge is 0.255 e. The Balaban J connectivity index is 2.44. The number of hydrogen-bond acceptors (Lipinski definition) is 3. The van der Waals surface area contributed by atoms with E-state index in [2.05, 4.69) is 4.72 Å². The third-order valence-corrected chi connectivity index (χ3v) is 5.79. The van der Waals surface area contributed by atoms with Crippen LogP contribution in [-0.2, 0) is 10.0 Å². The van der Waals surface area contributed by atoms with Gasteiger partial charge < -0.3 is 4.90 Å². The molecule has 0 aromatic heterocycles. The number of amides is 1. The number of rotatable bonds is 6. The van der Waals surface area contributed by atoms with E-state index in [-0.39, 0.29) is 32.5 Å². The maximum Gasteiger partial charge on any atom is 0.255 e. The van der Waals surface area contributed by atoms with Crippen molar-refractivity contribution in [2.75, 3.05) is 13.1 Å². The Kier molecular flexibility index (Phi) is 5.37. The van der Waals surface area contributed by atoms with Crippen LogP contribution in [0.25, 0.3) is 0 Å². The second-order valence-corrected chi connectivity index (χ2v) is 7.63. The van der Waals surface area contributed by atoms with Crippen molar-refractivity contribution in [3.8, 4) is 0 Å². The minimum atomic E-state index is -3.75. The van der Waals surface area contributed by atoms with Crippen molar-refractivity contribution in [1.29, 1.82) is 0 Å². The predicted octanol–water partition coefficient (Wildman–Crippen LogP) is 2.92. The number of nitrogens with one attached hydrogen (secondary N) is 1. The van der Waals surface area contributed by atoms with Crippen LogP contribution in [0.15, 0.2) is 17.0 Å². The van der Waals surface area contributed by atoms with Gasteiger partial charge in [-0.1, -0.05) is 23.2 Å². The molecule has 0 radical (unpaired) electrons. The van der Waals surface area contributed by atoms with Gasteiger partial charge in [0.15, 0.2) is 0 Å². The van der Waals surface area contributed by atoms with Crippen molar-refractivity contribution in [2.45, 2.75) is 37.6 Å². The summed E-state index contributed by atoms with van der Waals surface area (Å²) < 4.78 is 27.2. The fourth-order valence-electron chi connectivity index (χ4n) is 2.06. The second-order valence-electron chi connectivity index (χ2n) is 5.14. The molecule has 0 saturated heterocycles. The van der Waals surface area contributed by atoms with Crippen LogP contribution in [0, 0.1) is 0 Å². The van der Waals surface area contributed by atoms with Gasteiger partial charge >= 0.3 is 0 Å². The first-order valence-corrected chi connectivity index (χ1v) is 9.34. The first-order chi connectivity index (χ1) is 10.3. The highest BCUT2D eigenvalue weighted by Gasteiger charge is 2.30. The summed E-state index contributed by atoms with van der Waals surface area (Å²) >= 11 is 12.1. The van der Waals surface area contributed by atoms with Crippen molar-refractivity contribution >= 4 is 39.1 Å². The van der Waals surface area contributed by atoms with E-state index in [1.807, 2.05) is 13.8 Å². The van der Waals surface area contributed by atoms with E-state index in [0.29, 0.717) is 13.1 Å². The predicted molar refractivity (Wildman–Crippen MR) is 87.1 cm³/mol. The SMILES string of the molecule is CCN(CC)C(=O)c1cc(S(=O)(=O)NC2CC2)c(Cl)cc1Cl. The molecule has 1 aliphatic rings. The lowest BCUT2D eigenvalue weighted by Crippen LogP contribution is -2.31. The first kappa shape index (κ1) is 17.5. The molecule has 1 aromatic rings. The molecule has 0 spiro atoms. The summed E-state index contributed by atoms with van der Waals surface area (Å²) in [5.41, 5.74) is 0.144. The molecule has 1 aliphatic carbocycles. The Morgan fingerprint density at radius 1 is 1.23 bits per heavy atom. The van der Waals surface area contributed by atoms with Gasteiger partial charge in [-0.15, -0.1) is 0 Å². The molecule has 0 heterocycles. The van der Waals surface area contributed by atoms with Crippen LogP contribution in [0.2, 0.25) is 10.0 Å². The third kappa shape index (κ3) is 3.74. The fourth-order valence-corrected chi connectivity index (χ4v) is 4.22. The number of carbonyl (C=O) groups excluding carboxylic acids is 1. The zero-order valence-corrected chi connectivity index (χ0v) is 14.7. The van der Waals surface area contributed by atoms with Gasteiger partial charge in [-0.2, -0.15) is 0 Å². The zero-order chi connectivity index (χ0) is 16.5. The van der Waals surface area contributed by atoms with E-state index in [1.165, 1.54) is 12.1 Å². The largest absolute Gasteiger partial charge is 0.339 e. The van der Waals surface area contributed by atoms with E-state index in [4.69, 9.17) is 23.2 Å². The number of hydrogen-bond donors (Lipinski definition) is 1. The first-order valence-electron chi connectivity index (χ1n) is 7.10. The Bertz CT molecular complexity index is 684. The van der Waals surface area contributed by atoms with Crippen molar-refractivity contribution in [1.82, 2.24) is 9.62 Å². The number of nitrogens with zero attached hydrogens (tertiary/aromatic N) is 1. The summed E-state index contributed by atoms with van der Waals surface area (Å²) in [7, 11) is -3.75. The number of benzene rings is 1. The van der Waals surface area contributed by atoms with E-state index in [0.717, 1.165) is 12.8 Å². The van der Waals surface area contributed by atoms with Crippen LogP contribution in [0.3, 0.4) is 0 Å². The minimum Gasteiger partial charge on any atom is -0.339 e. The molecule has 22 heavy (non-hydrogen) atoms. The maximum absolute atomic E-state index is 12.4. The number of carbonyl (C=O) groups is 1. The lowest BCUT2D eigenvalue weighted by molar-refractivity contribution is 0.0773. The molecule has 1 aromatic carbocycles. The molecule has 0 atom stereocenters. The quantitative estimate of drug-likeness (QED) is 0.843. The van der Waals surface area contributed by atoms with Gasteiger partial charge in [0.1, 0.15) is 4.90 Å². The summed E-state index contributed by atoms with van der Waals surface area (Å²) in [6.07, 6.45) is 1.63. The summed E-state index contributed by atoms with van der Waals surface area (Å²) in [5.74, 6) is -0.311. The molecule has 1 fully saturated rings. The molecular formula is C14H18Cl2N2O3S. The van der Waals surface area contributed by atoms with Crippen LogP contribution < -0.4 is 4.72 Å². The van der Waals surface area contributed by atoms with Crippen LogP contribution in [-0.4, -0.2) is 38.4 Å². The van der Waals surface area contributed by atoms with Crippen LogP contribution >= 0.6 is 23.2 Å². The van der Waals surface area contributed by atoms with E-state index < -0.39 is 10.0 Å². The lowest BCUT2D eigenvalue weighted by Gasteiger charge is -2.20. The summed E-state index contributed by atoms with van der Waals surface area (Å²) in [5, 5.41) is 0.154. The second kappa shape index (κ2) is 6.74. The molecule has 1 saturated carbocycles. The molecule has 0 aliphatic heterocycles. The van der Waals surface area contributed by atoms with Crippen LogP contribution in [0.5, 0.6) is 0 Å². The standard InChI is InChI=1S/C14H18Cl2N2O3S/c1-3-18(4-2)14(19)10-7-13(12(16)8-11(10)15)22(20,21)17-9-5-6-9/h7-9,17H,3-6H2,1-2H3. The zero-order valence-electron chi connectivity index (χ0n) is 12.4. The lowest BCUT2D eigenvalue weighted by atomic mass is 10.2. The van der Waals surface area contributed by atoms with Crippen molar-refractivity contribution < 1.29 is 13.2 Å². The van der Waals surface area contributed by atoms with E-state index in [9.17, 15) is 13.2 Å². The van der Waals surface area contributed by atoms with Crippen molar-refractivity contribution in [2.24, 2.45) is 0 Å². The van der Waals surface area contributed by atoms with Gasteiger partial charge in [-0.05, 0) is 38.8 Å². The maximum atomic E-state index is 12.4.